The fourth-order valence-electron chi connectivity index (χ4n) is 2.00. The van der Waals surface area contributed by atoms with E-state index in [0.29, 0.717) is 6.04 Å². The Bertz CT molecular complexity index is 314. The Morgan fingerprint density at radius 2 is 2.00 bits per heavy atom. The third kappa shape index (κ3) is 3.32. The maximum absolute atomic E-state index is 6.05. The summed E-state index contributed by atoms with van der Waals surface area (Å²) in [6, 6.07) is 4.53. The molecule has 0 saturated heterocycles. The summed E-state index contributed by atoms with van der Waals surface area (Å²) >= 11 is 0. The maximum Gasteiger partial charge on any atom is 0.148 e. The second kappa shape index (κ2) is 6.01. The Morgan fingerprint density at radius 3 is 2.62 bits per heavy atom. The number of nitrogens with one attached hydrogen (secondary N) is 1. The average Bonchev–Trinajstić information content (AvgIpc) is 2.25. The molecule has 1 fully saturated rings. The van der Waals surface area contributed by atoms with E-state index in [-0.39, 0.29) is 18.4 Å². The lowest BCUT2D eigenvalue weighted by atomic mass is 9.91. The molecule has 16 heavy (non-hydrogen) atoms. The minimum atomic E-state index is 0. The lowest BCUT2D eigenvalue weighted by molar-refractivity contribution is 0.403. The minimum absolute atomic E-state index is 0. The Hall–Kier alpha value is -0.870. The van der Waals surface area contributed by atoms with Crippen molar-refractivity contribution in [3.05, 3.63) is 17.8 Å². The van der Waals surface area contributed by atoms with Crippen molar-refractivity contribution in [2.45, 2.75) is 44.7 Å². The van der Waals surface area contributed by atoms with Gasteiger partial charge in [0.2, 0.25) is 0 Å². The third-order valence-electron chi connectivity index (χ3n) is 2.95. The molecule has 1 aromatic heterocycles. The van der Waals surface area contributed by atoms with Crippen LogP contribution in [0.25, 0.3) is 0 Å². The molecule has 0 aromatic carbocycles. The van der Waals surface area contributed by atoms with E-state index >= 15 is 0 Å². The molecule has 2 atom stereocenters. The van der Waals surface area contributed by atoms with Gasteiger partial charge in [0, 0.05) is 12.1 Å². The van der Waals surface area contributed by atoms with Crippen molar-refractivity contribution in [3.63, 3.8) is 0 Å². The predicted octanol–water partition coefficient (Wildman–Crippen LogP) is 1.89. The second-order valence-corrected chi connectivity index (χ2v) is 4.26. The first-order chi connectivity index (χ1) is 7.25. The summed E-state index contributed by atoms with van der Waals surface area (Å²) < 4.78 is 0. The maximum atomic E-state index is 6.05. The van der Waals surface area contributed by atoms with Crippen molar-refractivity contribution in [3.8, 4) is 0 Å². The van der Waals surface area contributed by atoms with Gasteiger partial charge in [-0.1, -0.05) is 12.8 Å². The van der Waals surface area contributed by atoms with Gasteiger partial charge in [0.15, 0.2) is 0 Å². The molecule has 1 aliphatic rings. The van der Waals surface area contributed by atoms with Gasteiger partial charge in [0.1, 0.15) is 5.82 Å². The van der Waals surface area contributed by atoms with Gasteiger partial charge in [-0.25, -0.2) is 0 Å². The normalized spacial score (nSPS) is 24.6. The summed E-state index contributed by atoms with van der Waals surface area (Å²) in [6.07, 6.45) is 4.75. The lowest BCUT2D eigenvalue weighted by Gasteiger charge is -2.29. The molecular formula is C11H19ClN4. The van der Waals surface area contributed by atoms with Crippen LogP contribution in [0.3, 0.4) is 0 Å². The van der Waals surface area contributed by atoms with E-state index in [1.165, 1.54) is 12.8 Å². The highest BCUT2D eigenvalue weighted by molar-refractivity contribution is 5.85. The number of nitrogens with two attached hydrogens (primary N) is 1. The molecule has 2 rings (SSSR count). The van der Waals surface area contributed by atoms with Gasteiger partial charge in [-0.3, -0.25) is 0 Å². The minimum Gasteiger partial charge on any atom is -0.364 e. The SMILES string of the molecule is Cc1ccc(NC2CCCCC2N)nn1.Cl. The van der Waals surface area contributed by atoms with Crippen LogP contribution >= 0.6 is 12.4 Å². The zero-order valence-corrected chi connectivity index (χ0v) is 10.3. The van der Waals surface area contributed by atoms with Gasteiger partial charge in [-0.15, -0.1) is 17.5 Å². The quantitative estimate of drug-likeness (QED) is 0.831. The number of aryl methyl sites for hydroxylation is 1. The van der Waals surface area contributed by atoms with E-state index < -0.39 is 0 Å². The summed E-state index contributed by atoms with van der Waals surface area (Å²) in [7, 11) is 0. The molecule has 1 saturated carbocycles. The molecule has 0 amide bonds. The fraction of sp³-hybridized carbons (Fsp3) is 0.636. The van der Waals surface area contributed by atoms with E-state index in [9.17, 15) is 0 Å². The van der Waals surface area contributed by atoms with Crippen LogP contribution in [-0.2, 0) is 0 Å². The van der Waals surface area contributed by atoms with Crippen LogP contribution < -0.4 is 11.1 Å². The molecule has 0 bridgehead atoms. The van der Waals surface area contributed by atoms with E-state index in [1.54, 1.807) is 0 Å². The molecule has 0 spiro atoms. The smallest absolute Gasteiger partial charge is 0.148 e. The van der Waals surface area contributed by atoms with Gasteiger partial charge >= 0.3 is 0 Å². The molecular weight excluding hydrogens is 224 g/mol. The molecule has 1 aliphatic carbocycles. The van der Waals surface area contributed by atoms with Crippen LogP contribution in [-0.4, -0.2) is 22.3 Å². The van der Waals surface area contributed by atoms with Crippen molar-refractivity contribution in [1.29, 1.82) is 0 Å². The molecule has 2 unspecified atom stereocenters. The fourth-order valence-corrected chi connectivity index (χ4v) is 2.00. The van der Waals surface area contributed by atoms with Crippen LogP contribution in [0.4, 0.5) is 5.82 Å². The number of aromatic nitrogens is 2. The first kappa shape index (κ1) is 13.2. The van der Waals surface area contributed by atoms with Gasteiger partial charge in [0.05, 0.1) is 5.69 Å². The number of anilines is 1. The van der Waals surface area contributed by atoms with Crippen molar-refractivity contribution in [1.82, 2.24) is 10.2 Å². The van der Waals surface area contributed by atoms with E-state index in [1.807, 2.05) is 19.1 Å². The summed E-state index contributed by atoms with van der Waals surface area (Å²) in [4.78, 5) is 0. The number of hydrogen-bond donors (Lipinski definition) is 2. The summed E-state index contributed by atoms with van der Waals surface area (Å²) in [5.74, 6) is 0.836. The first-order valence-electron chi connectivity index (χ1n) is 5.58. The Morgan fingerprint density at radius 1 is 1.25 bits per heavy atom. The third-order valence-corrected chi connectivity index (χ3v) is 2.95. The molecule has 4 nitrogen and oxygen atoms in total. The zero-order chi connectivity index (χ0) is 10.7. The highest BCUT2D eigenvalue weighted by Gasteiger charge is 2.21. The molecule has 0 radical (unpaired) electrons. The van der Waals surface area contributed by atoms with E-state index in [0.717, 1.165) is 24.4 Å². The highest BCUT2D eigenvalue weighted by atomic mass is 35.5. The van der Waals surface area contributed by atoms with Crippen molar-refractivity contribution in [2.24, 2.45) is 5.73 Å². The highest BCUT2D eigenvalue weighted by Crippen LogP contribution is 2.19. The van der Waals surface area contributed by atoms with Crippen LogP contribution in [0.2, 0.25) is 0 Å². The molecule has 90 valence electrons. The summed E-state index contributed by atoms with van der Waals surface area (Å²) in [6.45, 7) is 1.93. The first-order valence-corrected chi connectivity index (χ1v) is 5.58. The van der Waals surface area contributed by atoms with Crippen molar-refractivity contribution >= 4 is 18.2 Å². The van der Waals surface area contributed by atoms with Gasteiger partial charge < -0.3 is 11.1 Å². The largest absolute Gasteiger partial charge is 0.364 e. The van der Waals surface area contributed by atoms with Crippen LogP contribution in [0.1, 0.15) is 31.4 Å². The predicted molar refractivity (Wildman–Crippen MR) is 67.9 cm³/mol. The molecule has 3 N–H and O–H groups in total. The number of nitrogens with zero attached hydrogens (tertiary/aromatic N) is 2. The topological polar surface area (TPSA) is 63.8 Å². The molecule has 5 heteroatoms. The Kier molecular flexibility index (Phi) is 4.96. The van der Waals surface area contributed by atoms with Crippen LogP contribution in [0.5, 0.6) is 0 Å². The Balaban J connectivity index is 0.00000128. The van der Waals surface area contributed by atoms with E-state index in [2.05, 4.69) is 15.5 Å². The number of hydrogen-bond acceptors (Lipinski definition) is 4. The zero-order valence-electron chi connectivity index (χ0n) is 9.52. The standard InChI is InChI=1S/C11H18N4.ClH/c1-8-6-7-11(15-14-8)13-10-5-3-2-4-9(10)12;/h6-7,9-10H,2-5,12H2,1H3,(H,13,15);1H. The molecule has 1 aromatic rings. The molecule has 1 heterocycles. The second-order valence-electron chi connectivity index (χ2n) is 4.26. The lowest BCUT2D eigenvalue weighted by Crippen LogP contribution is -2.42. The summed E-state index contributed by atoms with van der Waals surface area (Å²) in [5.41, 5.74) is 6.98. The Labute approximate surface area is 102 Å². The van der Waals surface area contributed by atoms with Gasteiger partial charge in [-0.05, 0) is 31.9 Å². The van der Waals surface area contributed by atoms with Crippen LogP contribution in [0.15, 0.2) is 12.1 Å². The van der Waals surface area contributed by atoms with Crippen molar-refractivity contribution < 1.29 is 0 Å². The molecule has 0 aliphatic heterocycles. The van der Waals surface area contributed by atoms with Crippen molar-refractivity contribution in [2.75, 3.05) is 5.32 Å². The number of halogens is 1. The van der Waals surface area contributed by atoms with E-state index in [4.69, 9.17) is 5.73 Å². The average molecular weight is 243 g/mol. The summed E-state index contributed by atoms with van der Waals surface area (Å²) in [5, 5.41) is 11.5. The van der Waals surface area contributed by atoms with Gasteiger partial charge in [-0.2, -0.15) is 5.10 Å². The van der Waals surface area contributed by atoms with Gasteiger partial charge in [0.25, 0.3) is 0 Å². The monoisotopic (exact) mass is 242 g/mol. The van der Waals surface area contributed by atoms with Crippen LogP contribution in [0, 0.1) is 6.92 Å². The number of rotatable bonds is 2.